The van der Waals surface area contributed by atoms with Crippen LogP contribution >= 0.6 is 0 Å². The number of carbonyl (C=O) groups excluding carboxylic acids is 1. The number of hydrogen-bond acceptors (Lipinski definition) is 5. The second-order valence-corrected chi connectivity index (χ2v) is 9.58. The summed E-state index contributed by atoms with van der Waals surface area (Å²) in [6.45, 7) is 4.77. The minimum atomic E-state index is -0.382. The minimum absolute atomic E-state index is 0.0673. The Morgan fingerprint density at radius 1 is 1.21 bits per heavy atom. The molecule has 2 aliphatic rings. The van der Waals surface area contributed by atoms with Crippen LogP contribution in [-0.2, 0) is 17.6 Å². The number of carbonyl (C=O) groups is 1. The highest BCUT2D eigenvalue weighted by Crippen LogP contribution is 2.49. The van der Waals surface area contributed by atoms with Gasteiger partial charge in [-0.2, -0.15) is 0 Å². The number of benzene rings is 1. The van der Waals surface area contributed by atoms with E-state index in [0.29, 0.717) is 23.8 Å². The Hall–Kier alpha value is -2.70. The van der Waals surface area contributed by atoms with Crippen molar-refractivity contribution in [3.05, 3.63) is 47.5 Å². The minimum Gasteiger partial charge on any atom is -0.493 e. The molecule has 0 radical (unpaired) electrons. The normalized spacial score (nSPS) is 20.5. The molecule has 0 bridgehead atoms. The average Bonchev–Trinajstić information content (AvgIpc) is 3.60. The van der Waals surface area contributed by atoms with Gasteiger partial charge in [-0.15, -0.1) is 0 Å². The van der Waals surface area contributed by atoms with Crippen molar-refractivity contribution in [2.45, 2.75) is 45.4 Å². The molecule has 2 aromatic rings. The average molecular weight is 455 g/mol. The maximum atomic E-state index is 14.3. The number of nitrogens with zero attached hydrogens (tertiary/aromatic N) is 4. The molecule has 33 heavy (non-hydrogen) atoms. The number of ether oxygens (including phenoxy) is 1. The van der Waals surface area contributed by atoms with E-state index in [1.54, 1.807) is 26.2 Å². The summed E-state index contributed by atoms with van der Waals surface area (Å²) < 4.78 is 20.1. The summed E-state index contributed by atoms with van der Waals surface area (Å²) in [7, 11) is 3.34. The van der Waals surface area contributed by atoms with Gasteiger partial charge >= 0.3 is 0 Å². The molecule has 178 valence electrons. The first-order valence-corrected chi connectivity index (χ1v) is 12.1. The van der Waals surface area contributed by atoms with Crippen molar-refractivity contribution in [3.8, 4) is 5.75 Å². The van der Waals surface area contributed by atoms with E-state index in [1.165, 1.54) is 35.8 Å². The molecule has 7 heteroatoms. The van der Waals surface area contributed by atoms with Crippen LogP contribution in [-0.4, -0.2) is 54.6 Å². The second-order valence-electron chi connectivity index (χ2n) is 9.58. The molecule has 1 aliphatic carbocycles. The lowest BCUT2D eigenvalue weighted by Gasteiger charge is -2.32. The van der Waals surface area contributed by atoms with Crippen LogP contribution in [0.4, 0.5) is 10.3 Å². The summed E-state index contributed by atoms with van der Waals surface area (Å²) in [5.41, 5.74) is 1.58. The van der Waals surface area contributed by atoms with Crippen LogP contribution < -0.4 is 9.64 Å². The van der Waals surface area contributed by atoms with Gasteiger partial charge in [-0.05, 0) is 67.1 Å². The number of amides is 1. The zero-order valence-corrected chi connectivity index (χ0v) is 20.0. The lowest BCUT2D eigenvalue weighted by Crippen LogP contribution is -2.35. The van der Waals surface area contributed by atoms with E-state index in [9.17, 15) is 9.18 Å². The van der Waals surface area contributed by atoms with Crippen LogP contribution in [0.3, 0.4) is 0 Å². The van der Waals surface area contributed by atoms with Gasteiger partial charge in [-0.3, -0.25) is 4.79 Å². The third-order valence-corrected chi connectivity index (χ3v) is 7.13. The topological polar surface area (TPSA) is 58.6 Å². The molecule has 2 heterocycles. The number of halogens is 1. The van der Waals surface area contributed by atoms with Crippen molar-refractivity contribution < 1.29 is 13.9 Å². The number of aryl methyl sites for hydroxylation is 1. The molecule has 0 N–H and O–H groups in total. The van der Waals surface area contributed by atoms with E-state index in [1.807, 2.05) is 12.4 Å². The Bertz CT molecular complexity index is 942. The number of anilines is 1. The highest BCUT2D eigenvalue weighted by molar-refractivity contribution is 5.78. The van der Waals surface area contributed by atoms with Crippen LogP contribution in [0.15, 0.2) is 30.6 Å². The molecular weight excluding hydrogens is 419 g/mol. The van der Waals surface area contributed by atoms with E-state index >= 15 is 0 Å². The fourth-order valence-electron chi connectivity index (χ4n) is 4.81. The zero-order chi connectivity index (χ0) is 23.4. The van der Waals surface area contributed by atoms with Crippen LogP contribution in [0.2, 0.25) is 0 Å². The lowest BCUT2D eigenvalue weighted by molar-refractivity contribution is -0.128. The van der Waals surface area contributed by atoms with Crippen LogP contribution in [0, 0.1) is 23.6 Å². The van der Waals surface area contributed by atoms with Gasteiger partial charge in [-0.1, -0.05) is 13.0 Å². The molecule has 0 unspecified atom stereocenters. The fourth-order valence-corrected chi connectivity index (χ4v) is 4.81. The fraction of sp³-hybridized carbons (Fsp3) is 0.577. The molecule has 1 aromatic heterocycles. The Morgan fingerprint density at radius 3 is 2.58 bits per heavy atom. The lowest BCUT2D eigenvalue weighted by atomic mass is 9.90. The number of rotatable bonds is 9. The zero-order valence-electron chi connectivity index (χ0n) is 20.0. The Morgan fingerprint density at radius 2 is 1.94 bits per heavy atom. The van der Waals surface area contributed by atoms with E-state index in [0.717, 1.165) is 43.7 Å². The SMILES string of the molecule is CCc1cnc(N2CCC([C@@H]3C[C@H]3CCOc3ccc(CC(=O)N(C)C)c(F)c3)CC2)nc1. The van der Waals surface area contributed by atoms with Gasteiger partial charge < -0.3 is 14.5 Å². The Balaban J connectivity index is 1.17. The molecule has 2 fully saturated rings. The van der Waals surface area contributed by atoms with Crippen LogP contribution in [0.1, 0.15) is 43.7 Å². The van der Waals surface area contributed by atoms with Gasteiger partial charge in [0.05, 0.1) is 13.0 Å². The van der Waals surface area contributed by atoms with E-state index in [2.05, 4.69) is 21.8 Å². The first kappa shape index (κ1) is 23.5. The van der Waals surface area contributed by atoms with E-state index < -0.39 is 0 Å². The summed E-state index contributed by atoms with van der Waals surface area (Å²) in [6, 6.07) is 4.81. The molecule has 1 saturated heterocycles. The first-order chi connectivity index (χ1) is 15.9. The van der Waals surface area contributed by atoms with Gasteiger partial charge in [0.1, 0.15) is 11.6 Å². The summed E-state index contributed by atoms with van der Waals surface area (Å²) in [5.74, 6) is 3.16. The predicted octanol–water partition coefficient (Wildman–Crippen LogP) is 4.13. The standard InChI is InChI=1S/C26H35FN4O2/c1-4-18-16-28-26(29-17-18)31-10-7-19(8-11-31)23-13-20(23)9-12-33-22-6-5-21(24(27)15-22)14-25(32)30(2)3/h5-6,15-17,19-20,23H,4,7-14H2,1-3H3/t20-,23+/m1/s1. The smallest absolute Gasteiger partial charge is 0.226 e. The van der Waals surface area contributed by atoms with Gasteiger partial charge in [0.2, 0.25) is 11.9 Å². The molecular formula is C26H35FN4O2. The molecule has 0 spiro atoms. The third-order valence-electron chi connectivity index (χ3n) is 7.13. The number of hydrogen-bond donors (Lipinski definition) is 0. The van der Waals surface area contributed by atoms with Crippen LogP contribution in [0.5, 0.6) is 5.75 Å². The van der Waals surface area contributed by atoms with Crippen molar-refractivity contribution in [3.63, 3.8) is 0 Å². The number of piperidine rings is 1. The van der Waals surface area contributed by atoms with Crippen LogP contribution in [0.25, 0.3) is 0 Å². The summed E-state index contributed by atoms with van der Waals surface area (Å²) in [6.07, 6.45) is 9.58. The molecule has 1 aliphatic heterocycles. The molecule has 4 rings (SSSR count). The first-order valence-electron chi connectivity index (χ1n) is 12.1. The van der Waals surface area contributed by atoms with Crippen molar-refractivity contribution >= 4 is 11.9 Å². The summed E-state index contributed by atoms with van der Waals surface area (Å²) in [4.78, 5) is 24.6. The largest absolute Gasteiger partial charge is 0.493 e. The van der Waals surface area contributed by atoms with Crippen molar-refractivity contribution in [2.24, 2.45) is 17.8 Å². The maximum absolute atomic E-state index is 14.3. The highest BCUT2D eigenvalue weighted by Gasteiger charge is 2.43. The van der Waals surface area contributed by atoms with E-state index in [-0.39, 0.29) is 18.1 Å². The monoisotopic (exact) mass is 454 g/mol. The van der Waals surface area contributed by atoms with Crippen molar-refractivity contribution in [1.82, 2.24) is 14.9 Å². The molecule has 2 atom stereocenters. The van der Waals surface area contributed by atoms with Gasteiger partial charge in [0.25, 0.3) is 0 Å². The Kier molecular flexibility index (Phi) is 7.46. The van der Waals surface area contributed by atoms with Gasteiger partial charge in [-0.25, -0.2) is 14.4 Å². The molecule has 6 nitrogen and oxygen atoms in total. The van der Waals surface area contributed by atoms with Gasteiger partial charge in [0, 0.05) is 45.6 Å². The summed E-state index contributed by atoms with van der Waals surface area (Å²) in [5, 5.41) is 0. The molecule has 1 saturated carbocycles. The Labute approximate surface area is 196 Å². The quantitative estimate of drug-likeness (QED) is 0.570. The number of aromatic nitrogens is 2. The number of likely N-dealkylation sites (N-methyl/N-ethyl adjacent to an activating group) is 1. The third kappa shape index (κ3) is 6.01. The summed E-state index contributed by atoms with van der Waals surface area (Å²) >= 11 is 0. The maximum Gasteiger partial charge on any atom is 0.226 e. The van der Waals surface area contributed by atoms with Gasteiger partial charge in [0.15, 0.2) is 0 Å². The highest BCUT2D eigenvalue weighted by atomic mass is 19.1. The molecule has 1 aromatic carbocycles. The predicted molar refractivity (Wildman–Crippen MR) is 127 cm³/mol. The second kappa shape index (κ2) is 10.5. The van der Waals surface area contributed by atoms with Crippen molar-refractivity contribution in [1.29, 1.82) is 0 Å². The van der Waals surface area contributed by atoms with Crippen molar-refractivity contribution in [2.75, 3.05) is 38.7 Å². The van der Waals surface area contributed by atoms with E-state index in [4.69, 9.17) is 4.74 Å². The molecule has 1 amide bonds.